The number of hydrogen-bond acceptors (Lipinski definition) is 5. The molecule has 0 aliphatic carbocycles. The summed E-state index contributed by atoms with van der Waals surface area (Å²) in [6, 6.07) is 5.90. The van der Waals surface area contributed by atoms with Gasteiger partial charge in [0.15, 0.2) is 0 Å². The summed E-state index contributed by atoms with van der Waals surface area (Å²) in [5.41, 5.74) is 0.771. The first-order valence-electron chi connectivity index (χ1n) is 7.56. The monoisotopic (exact) mass is 315 g/mol. The summed E-state index contributed by atoms with van der Waals surface area (Å²) in [4.78, 5) is 12.2. The van der Waals surface area contributed by atoms with E-state index in [0.29, 0.717) is 11.5 Å². The standard InChI is InChI=1S/C18H21NO4/c1-10-9-18(15(11(2)20)16(21)22-10)19-13-8-12(17(3,4)5)6-7-14(13)23-18/h6-9,19-20H,1-5H3/t18-/m1/s1. The molecule has 1 atom stereocenters. The number of aliphatic hydroxyl groups is 1. The van der Waals surface area contributed by atoms with Gasteiger partial charge in [-0.3, -0.25) is 0 Å². The number of allylic oxidation sites excluding steroid dienone is 2. The van der Waals surface area contributed by atoms with E-state index in [-0.39, 0.29) is 16.7 Å². The zero-order valence-electron chi connectivity index (χ0n) is 14.0. The van der Waals surface area contributed by atoms with Gasteiger partial charge in [-0.15, -0.1) is 0 Å². The summed E-state index contributed by atoms with van der Waals surface area (Å²) >= 11 is 0. The lowest BCUT2D eigenvalue weighted by Crippen LogP contribution is -2.47. The van der Waals surface area contributed by atoms with Gasteiger partial charge in [-0.05, 0) is 37.0 Å². The summed E-state index contributed by atoms with van der Waals surface area (Å²) in [6.07, 6.45) is 1.67. The average Bonchev–Trinajstić information content (AvgIpc) is 2.72. The zero-order valence-corrected chi connectivity index (χ0v) is 14.0. The topological polar surface area (TPSA) is 67.8 Å². The van der Waals surface area contributed by atoms with Crippen LogP contribution in [0, 0.1) is 0 Å². The number of ether oxygens (including phenoxy) is 2. The predicted molar refractivity (Wildman–Crippen MR) is 87.3 cm³/mol. The average molecular weight is 315 g/mol. The molecule has 0 fully saturated rings. The first-order chi connectivity index (χ1) is 10.6. The van der Waals surface area contributed by atoms with Crippen LogP contribution in [0.4, 0.5) is 5.69 Å². The molecule has 2 N–H and O–H groups in total. The predicted octanol–water partition coefficient (Wildman–Crippen LogP) is 3.78. The SMILES string of the molecule is CC1=C[C@]2(Nc3cc(C(C)(C)C)ccc3O2)C(=C(C)O)C(=O)O1. The number of carbonyl (C=O) groups is 1. The Morgan fingerprint density at radius 1 is 1.30 bits per heavy atom. The molecule has 1 spiro atoms. The maximum Gasteiger partial charge on any atom is 0.349 e. The molecule has 3 rings (SSSR count). The van der Waals surface area contributed by atoms with E-state index in [1.807, 2.05) is 18.2 Å². The molecule has 0 bridgehead atoms. The third-order valence-electron chi connectivity index (χ3n) is 4.03. The number of nitrogens with one attached hydrogen (secondary N) is 1. The van der Waals surface area contributed by atoms with Crippen molar-refractivity contribution in [2.24, 2.45) is 0 Å². The number of anilines is 1. The Bertz CT molecular complexity index is 751. The molecule has 5 heteroatoms. The van der Waals surface area contributed by atoms with Crippen LogP contribution in [0.1, 0.15) is 40.2 Å². The number of benzene rings is 1. The Balaban J connectivity index is 2.10. The molecule has 0 saturated carbocycles. The van der Waals surface area contributed by atoms with Gasteiger partial charge in [0.05, 0.1) is 5.69 Å². The van der Waals surface area contributed by atoms with Crippen LogP contribution in [0.3, 0.4) is 0 Å². The van der Waals surface area contributed by atoms with Crippen molar-refractivity contribution >= 4 is 11.7 Å². The number of aliphatic hydroxyl groups excluding tert-OH is 1. The summed E-state index contributed by atoms with van der Waals surface area (Å²) < 4.78 is 11.1. The molecule has 0 radical (unpaired) electrons. The molecule has 2 aliphatic rings. The first kappa shape index (κ1) is 15.5. The van der Waals surface area contributed by atoms with Crippen LogP contribution < -0.4 is 10.1 Å². The molecule has 2 aliphatic heterocycles. The molecule has 23 heavy (non-hydrogen) atoms. The lowest BCUT2D eigenvalue weighted by atomic mass is 9.87. The molecule has 0 saturated heterocycles. The summed E-state index contributed by atoms with van der Waals surface area (Å²) in [5, 5.41) is 13.2. The molecular formula is C18H21NO4. The fraction of sp³-hybridized carbons (Fsp3) is 0.389. The quantitative estimate of drug-likeness (QED) is 0.433. The number of rotatable bonds is 0. The maximum atomic E-state index is 12.2. The fourth-order valence-electron chi connectivity index (χ4n) is 2.91. The largest absolute Gasteiger partial charge is 0.512 e. The zero-order chi connectivity index (χ0) is 17.0. The van der Waals surface area contributed by atoms with Crippen LogP contribution in [0.15, 0.2) is 41.4 Å². The number of carbonyl (C=O) groups excluding carboxylic acids is 1. The van der Waals surface area contributed by atoms with Crippen LogP contribution in [-0.2, 0) is 14.9 Å². The fourth-order valence-corrected chi connectivity index (χ4v) is 2.91. The van der Waals surface area contributed by atoms with Crippen molar-refractivity contribution in [2.45, 2.75) is 45.8 Å². The Morgan fingerprint density at radius 2 is 2.00 bits per heavy atom. The van der Waals surface area contributed by atoms with Gasteiger partial charge < -0.3 is 19.9 Å². The smallest absolute Gasteiger partial charge is 0.349 e. The minimum absolute atomic E-state index is 0.00468. The summed E-state index contributed by atoms with van der Waals surface area (Å²) in [7, 11) is 0. The van der Waals surface area contributed by atoms with Crippen molar-refractivity contribution < 1.29 is 19.4 Å². The van der Waals surface area contributed by atoms with E-state index in [2.05, 4.69) is 26.1 Å². The van der Waals surface area contributed by atoms with Gasteiger partial charge in [0.2, 0.25) is 5.72 Å². The number of fused-ring (bicyclic) bond motifs is 1. The van der Waals surface area contributed by atoms with Gasteiger partial charge >= 0.3 is 5.97 Å². The van der Waals surface area contributed by atoms with Crippen LogP contribution in [0.2, 0.25) is 0 Å². The van der Waals surface area contributed by atoms with E-state index >= 15 is 0 Å². The highest BCUT2D eigenvalue weighted by molar-refractivity contribution is 5.95. The molecule has 0 aromatic heterocycles. The van der Waals surface area contributed by atoms with Gasteiger partial charge in [0, 0.05) is 6.08 Å². The van der Waals surface area contributed by atoms with Crippen LogP contribution in [-0.4, -0.2) is 16.8 Å². The molecule has 122 valence electrons. The van der Waals surface area contributed by atoms with Gasteiger partial charge in [-0.25, -0.2) is 4.79 Å². The molecule has 5 nitrogen and oxygen atoms in total. The second-order valence-electron chi connectivity index (χ2n) is 7.03. The van der Waals surface area contributed by atoms with Gasteiger partial charge in [-0.2, -0.15) is 0 Å². The highest BCUT2D eigenvalue weighted by atomic mass is 16.6. The van der Waals surface area contributed by atoms with Gasteiger partial charge in [0.1, 0.15) is 22.8 Å². The molecule has 1 aromatic carbocycles. The Morgan fingerprint density at radius 3 is 2.61 bits per heavy atom. The van der Waals surface area contributed by atoms with E-state index in [1.165, 1.54) is 6.92 Å². The lowest BCUT2D eigenvalue weighted by molar-refractivity contribution is -0.138. The van der Waals surface area contributed by atoms with E-state index in [1.54, 1.807) is 13.0 Å². The Labute approximate surface area is 135 Å². The summed E-state index contributed by atoms with van der Waals surface area (Å²) in [5.74, 6) is 0.323. The minimum Gasteiger partial charge on any atom is -0.512 e. The van der Waals surface area contributed by atoms with Gasteiger partial charge in [-0.1, -0.05) is 26.8 Å². The van der Waals surface area contributed by atoms with Crippen molar-refractivity contribution in [1.29, 1.82) is 0 Å². The van der Waals surface area contributed by atoms with Crippen molar-refractivity contribution in [2.75, 3.05) is 5.32 Å². The summed E-state index contributed by atoms with van der Waals surface area (Å²) in [6.45, 7) is 9.52. The first-order valence-corrected chi connectivity index (χ1v) is 7.56. The second kappa shape index (κ2) is 4.78. The van der Waals surface area contributed by atoms with E-state index < -0.39 is 11.7 Å². The lowest BCUT2D eigenvalue weighted by Gasteiger charge is -2.31. The van der Waals surface area contributed by atoms with E-state index in [0.717, 1.165) is 11.3 Å². The highest BCUT2D eigenvalue weighted by Gasteiger charge is 2.49. The van der Waals surface area contributed by atoms with Crippen LogP contribution in [0.25, 0.3) is 0 Å². The van der Waals surface area contributed by atoms with Crippen LogP contribution >= 0.6 is 0 Å². The van der Waals surface area contributed by atoms with Crippen molar-refractivity contribution in [1.82, 2.24) is 0 Å². The number of cyclic esters (lactones) is 1. The molecule has 1 aromatic rings. The van der Waals surface area contributed by atoms with Crippen molar-refractivity contribution in [3.05, 3.63) is 46.9 Å². The van der Waals surface area contributed by atoms with E-state index in [9.17, 15) is 9.90 Å². The molecule has 2 heterocycles. The van der Waals surface area contributed by atoms with Crippen molar-refractivity contribution in [3.8, 4) is 5.75 Å². The third-order valence-corrected chi connectivity index (χ3v) is 4.03. The molecule has 0 unspecified atom stereocenters. The number of esters is 1. The Hall–Kier alpha value is -2.43. The van der Waals surface area contributed by atoms with Gasteiger partial charge in [0.25, 0.3) is 0 Å². The Kier molecular flexibility index (Phi) is 3.21. The van der Waals surface area contributed by atoms with Crippen molar-refractivity contribution in [3.63, 3.8) is 0 Å². The number of hydrogen-bond donors (Lipinski definition) is 2. The minimum atomic E-state index is -1.23. The second-order valence-corrected chi connectivity index (χ2v) is 7.03. The third kappa shape index (κ3) is 2.46. The molecular weight excluding hydrogens is 294 g/mol. The normalized spacial score (nSPS) is 25.3. The van der Waals surface area contributed by atoms with Crippen LogP contribution in [0.5, 0.6) is 5.75 Å². The van der Waals surface area contributed by atoms with E-state index in [4.69, 9.17) is 9.47 Å². The maximum absolute atomic E-state index is 12.2. The molecule has 0 amide bonds. The highest BCUT2D eigenvalue weighted by Crippen LogP contribution is 2.45.